The number of para-hydroxylation sites is 1. The summed E-state index contributed by atoms with van der Waals surface area (Å²) in [5.74, 6) is 0.754. The Kier molecular flexibility index (Phi) is 6.35. The molecule has 2 N–H and O–H groups in total. The minimum absolute atomic E-state index is 0.0691. The molecule has 0 fully saturated rings. The summed E-state index contributed by atoms with van der Waals surface area (Å²) in [4.78, 5) is 13.4. The van der Waals surface area contributed by atoms with Gasteiger partial charge in [-0.2, -0.15) is 0 Å². The van der Waals surface area contributed by atoms with Crippen LogP contribution in [0, 0.1) is 0 Å². The lowest BCUT2D eigenvalue weighted by molar-refractivity contribution is -0.116. The molecule has 2 rings (SSSR count). The molecule has 122 valence electrons. The number of ether oxygens (including phenoxy) is 1. The maximum atomic E-state index is 12.3. The molecule has 0 bridgehead atoms. The number of carbonyl (C=O) groups is 1. The number of hydrogen-bond acceptors (Lipinski definition) is 4. The van der Waals surface area contributed by atoms with Crippen molar-refractivity contribution in [1.82, 2.24) is 0 Å². The minimum atomic E-state index is -0.345. The lowest BCUT2D eigenvalue weighted by atomic mass is 10.2. The zero-order valence-corrected chi connectivity index (χ0v) is 14.4. The SMILES string of the molecule is CCOc1ccc(N[C@@H](C)C(=O)Nc2ccccc2SC)cc1. The van der Waals surface area contributed by atoms with Crippen LogP contribution in [0.2, 0.25) is 0 Å². The van der Waals surface area contributed by atoms with E-state index >= 15 is 0 Å². The van der Waals surface area contributed by atoms with E-state index in [4.69, 9.17) is 4.74 Å². The van der Waals surface area contributed by atoms with Crippen LogP contribution in [0.15, 0.2) is 53.4 Å². The van der Waals surface area contributed by atoms with Gasteiger partial charge >= 0.3 is 0 Å². The summed E-state index contributed by atoms with van der Waals surface area (Å²) in [6.07, 6.45) is 1.99. The van der Waals surface area contributed by atoms with Crippen LogP contribution in [0.1, 0.15) is 13.8 Å². The van der Waals surface area contributed by atoms with Gasteiger partial charge in [0.2, 0.25) is 5.91 Å². The lowest BCUT2D eigenvalue weighted by Gasteiger charge is -2.17. The van der Waals surface area contributed by atoms with Gasteiger partial charge in [0.05, 0.1) is 12.3 Å². The summed E-state index contributed by atoms with van der Waals surface area (Å²) < 4.78 is 5.41. The van der Waals surface area contributed by atoms with Crippen LogP contribution in [0.3, 0.4) is 0 Å². The summed E-state index contributed by atoms with van der Waals surface area (Å²) in [6.45, 7) is 4.43. The van der Waals surface area contributed by atoms with E-state index < -0.39 is 0 Å². The second kappa shape index (κ2) is 8.48. The monoisotopic (exact) mass is 330 g/mol. The topological polar surface area (TPSA) is 50.4 Å². The number of thioether (sulfide) groups is 1. The van der Waals surface area contributed by atoms with Crippen molar-refractivity contribution in [1.29, 1.82) is 0 Å². The predicted octanol–water partition coefficient (Wildman–Crippen LogP) is 4.25. The van der Waals surface area contributed by atoms with Crippen molar-refractivity contribution in [2.75, 3.05) is 23.5 Å². The van der Waals surface area contributed by atoms with Crippen molar-refractivity contribution in [2.45, 2.75) is 24.8 Å². The van der Waals surface area contributed by atoms with Crippen LogP contribution in [0.25, 0.3) is 0 Å². The first-order valence-corrected chi connectivity index (χ1v) is 8.79. The van der Waals surface area contributed by atoms with Crippen LogP contribution in [-0.4, -0.2) is 24.8 Å². The third kappa shape index (κ3) is 4.93. The molecule has 1 atom stereocenters. The van der Waals surface area contributed by atoms with Crippen LogP contribution >= 0.6 is 11.8 Å². The molecule has 0 aliphatic heterocycles. The Morgan fingerprint density at radius 1 is 1.17 bits per heavy atom. The van der Waals surface area contributed by atoms with Gasteiger partial charge in [0.15, 0.2) is 0 Å². The highest BCUT2D eigenvalue weighted by Gasteiger charge is 2.14. The van der Waals surface area contributed by atoms with Gasteiger partial charge < -0.3 is 15.4 Å². The van der Waals surface area contributed by atoms with E-state index in [1.165, 1.54) is 0 Å². The average Bonchev–Trinajstić information content (AvgIpc) is 2.57. The third-order valence-electron chi connectivity index (χ3n) is 3.31. The predicted molar refractivity (Wildman–Crippen MR) is 97.5 cm³/mol. The van der Waals surface area contributed by atoms with E-state index in [0.29, 0.717) is 6.61 Å². The molecule has 1 amide bonds. The normalized spacial score (nSPS) is 11.6. The molecule has 0 spiro atoms. The summed E-state index contributed by atoms with van der Waals surface area (Å²) in [5.41, 5.74) is 1.72. The van der Waals surface area contributed by atoms with Gasteiger partial charge in [-0.1, -0.05) is 12.1 Å². The average molecular weight is 330 g/mol. The molecule has 2 aromatic rings. The standard InChI is InChI=1S/C18H22N2O2S/c1-4-22-15-11-9-14(10-12-15)19-13(2)18(21)20-16-7-5-6-8-17(16)23-3/h5-13,19H,4H2,1-3H3,(H,20,21)/t13-/m0/s1. The Morgan fingerprint density at radius 2 is 1.87 bits per heavy atom. The summed E-state index contributed by atoms with van der Waals surface area (Å²) in [6, 6.07) is 15.0. The number of benzene rings is 2. The van der Waals surface area contributed by atoms with Gasteiger partial charge in [-0.25, -0.2) is 0 Å². The van der Waals surface area contributed by atoms with Crippen molar-refractivity contribution < 1.29 is 9.53 Å². The second-order valence-electron chi connectivity index (χ2n) is 5.01. The Labute approximate surface area is 141 Å². The second-order valence-corrected chi connectivity index (χ2v) is 5.86. The maximum Gasteiger partial charge on any atom is 0.246 e. The Bertz CT molecular complexity index is 644. The van der Waals surface area contributed by atoms with Gasteiger partial charge in [-0.15, -0.1) is 11.8 Å². The van der Waals surface area contributed by atoms with Gasteiger partial charge in [0.1, 0.15) is 11.8 Å². The fraction of sp³-hybridized carbons (Fsp3) is 0.278. The van der Waals surface area contributed by atoms with Gasteiger partial charge in [-0.05, 0) is 56.5 Å². The number of anilines is 2. The Balaban J connectivity index is 1.96. The third-order valence-corrected chi connectivity index (χ3v) is 4.10. The first-order valence-electron chi connectivity index (χ1n) is 7.57. The highest BCUT2D eigenvalue weighted by molar-refractivity contribution is 7.98. The van der Waals surface area contributed by atoms with Crippen LogP contribution in [-0.2, 0) is 4.79 Å². The zero-order valence-electron chi connectivity index (χ0n) is 13.6. The molecule has 4 nitrogen and oxygen atoms in total. The first-order chi connectivity index (χ1) is 11.1. The molecule has 0 aliphatic rings. The van der Waals surface area contributed by atoms with Crippen molar-refractivity contribution in [2.24, 2.45) is 0 Å². The quantitative estimate of drug-likeness (QED) is 0.745. The lowest BCUT2D eigenvalue weighted by Crippen LogP contribution is -2.32. The molecule has 0 aliphatic carbocycles. The number of nitrogens with one attached hydrogen (secondary N) is 2. The minimum Gasteiger partial charge on any atom is -0.494 e. The number of hydrogen-bond donors (Lipinski definition) is 2. The smallest absolute Gasteiger partial charge is 0.246 e. The van der Waals surface area contributed by atoms with E-state index in [-0.39, 0.29) is 11.9 Å². The van der Waals surface area contributed by atoms with Crippen molar-refractivity contribution in [3.8, 4) is 5.75 Å². The fourth-order valence-corrected chi connectivity index (χ4v) is 2.67. The van der Waals surface area contributed by atoms with Crippen molar-refractivity contribution in [3.05, 3.63) is 48.5 Å². The molecule has 0 heterocycles. The molecular weight excluding hydrogens is 308 g/mol. The van der Waals surface area contributed by atoms with Crippen molar-refractivity contribution in [3.63, 3.8) is 0 Å². The van der Waals surface area contributed by atoms with E-state index in [1.807, 2.05) is 68.6 Å². The number of carbonyl (C=O) groups excluding carboxylic acids is 1. The van der Waals surface area contributed by atoms with Crippen LogP contribution < -0.4 is 15.4 Å². The van der Waals surface area contributed by atoms with Crippen LogP contribution in [0.4, 0.5) is 11.4 Å². The molecule has 0 aromatic heterocycles. The fourth-order valence-electron chi connectivity index (χ4n) is 2.12. The first kappa shape index (κ1) is 17.2. The maximum absolute atomic E-state index is 12.3. The zero-order chi connectivity index (χ0) is 16.7. The van der Waals surface area contributed by atoms with Crippen LogP contribution in [0.5, 0.6) is 5.75 Å². The molecule has 0 saturated carbocycles. The Hall–Kier alpha value is -2.14. The Morgan fingerprint density at radius 3 is 2.52 bits per heavy atom. The van der Waals surface area contributed by atoms with E-state index in [2.05, 4.69) is 10.6 Å². The summed E-state index contributed by atoms with van der Waals surface area (Å²) in [5, 5.41) is 6.16. The molecule has 5 heteroatoms. The molecule has 23 heavy (non-hydrogen) atoms. The van der Waals surface area contributed by atoms with Gasteiger partial charge in [-0.3, -0.25) is 4.79 Å². The van der Waals surface area contributed by atoms with E-state index in [1.54, 1.807) is 11.8 Å². The molecular formula is C18H22N2O2S. The number of rotatable bonds is 7. The molecule has 0 unspecified atom stereocenters. The molecule has 0 saturated heterocycles. The van der Waals surface area contributed by atoms with Gasteiger partial charge in [0.25, 0.3) is 0 Å². The largest absolute Gasteiger partial charge is 0.494 e. The van der Waals surface area contributed by atoms with Crippen molar-refractivity contribution >= 4 is 29.0 Å². The number of amides is 1. The van der Waals surface area contributed by atoms with E-state index in [9.17, 15) is 4.79 Å². The summed E-state index contributed by atoms with van der Waals surface area (Å²) in [7, 11) is 0. The summed E-state index contributed by atoms with van der Waals surface area (Å²) >= 11 is 1.61. The van der Waals surface area contributed by atoms with Gasteiger partial charge in [0, 0.05) is 10.6 Å². The van der Waals surface area contributed by atoms with E-state index in [0.717, 1.165) is 22.0 Å². The molecule has 0 radical (unpaired) electrons. The highest BCUT2D eigenvalue weighted by Crippen LogP contribution is 2.25. The highest BCUT2D eigenvalue weighted by atomic mass is 32.2. The molecule has 2 aromatic carbocycles.